The van der Waals surface area contributed by atoms with Crippen LogP contribution >= 0.6 is 0 Å². The number of allylic oxidation sites excluding steroid dienone is 1. The minimum absolute atomic E-state index is 0.00313. The Labute approximate surface area is 181 Å². The molecular formula is C21H16F3N4O3S+. The zero-order chi connectivity index (χ0) is 23.8. The maximum atomic E-state index is 13.1. The molecule has 2 aromatic carbocycles. The van der Waals surface area contributed by atoms with Gasteiger partial charge in [0.15, 0.2) is 15.9 Å². The first kappa shape index (κ1) is 23.0. The number of amides is 2. The maximum Gasteiger partial charge on any atom is 0.425 e. The van der Waals surface area contributed by atoms with Gasteiger partial charge in [0.05, 0.1) is 27.8 Å². The molecule has 2 aromatic rings. The van der Waals surface area contributed by atoms with Crippen molar-refractivity contribution >= 4 is 21.6 Å². The number of hydrogen-bond acceptors (Lipinski definition) is 5. The highest BCUT2D eigenvalue weighted by Crippen LogP contribution is 2.35. The van der Waals surface area contributed by atoms with Gasteiger partial charge in [0, 0.05) is 17.5 Å². The summed E-state index contributed by atoms with van der Waals surface area (Å²) < 4.78 is 64.0. The summed E-state index contributed by atoms with van der Waals surface area (Å²) in [6.45, 7) is 1.40. The first-order valence-electron chi connectivity index (χ1n) is 9.09. The number of primary amides is 1. The molecule has 0 aromatic heterocycles. The van der Waals surface area contributed by atoms with Crippen LogP contribution in [0, 0.1) is 22.7 Å². The molecule has 1 unspecified atom stereocenters. The second-order valence-electron chi connectivity index (χ2n) is 7.11. The van der Waals surface area contributed by atoms with Crippen molar-refractivity contribution in [2.45, 2.75) is 24.0 Å². The summed E-state index contributed by atoms with van der Waals surface area (Å²) in [6.07, 6.45) is -3.68. The molecule has 11 heteroatoms. The molecule has 2 N–H and O–H groups in total. The molecule has 0 saturated heterocycles. The molecule has 0 spiro atoms. The van der Waals surface area contributed by atoms with Gasteiger partial charge >= 0.3 is 12.2 Å². The Morgan fingerprint density at radius 1 is 1.09 bits per heavy atom. The van der Waals surface area contributed by atoms with E-state index in [0.717, 1.165) is 40.7 Å². The van der Waals surface area contributed by atoms with Crippen molar-refractivity contribution in [3.8, 4) is 12.1 Å². The third-order valence-electron chi connectivity index (χ3n) is 5.00. The van der Waals surface area contributed by atoms with E-state index in [9.17, 15) is 31.6 Å². The number of nitriles is 2. The third-order valence-corrected chi connectivity index (χ3v) is 6.15. The van der Waals surface area contributed by atoms with Crippen LogP contribution < -0.4 is 10.2 Å². The predicted octanol–water partition coefficient (Wildman–Crippen LogP) is 3.02. The minimum atomic E-state index is -4.62. The fraction of sp³-hybridized carbons (Fsp3) is 0.190. The summed E-state index contributed by atoms with van der Waals surface area (Å²) in [5, 5.41) is 20.0. The van der Waals surface area contributed by atoms with Gasteiger partial charge in [-0.25, -0.2) is 18.1 Å². The molecule has 0 bridgehead atoms. The van der Waals surface area contributed by atoms with Crippen LogP contribution in [0.5, 0.6) is 0 Å². The van der Waals surface area contributed by atoms with Crippen molar-refractivity contribution in [3.63, 3.8) is 0 Å². The van der Waals surface area contributed by atoms with Crippen LogP contribution in [-0.2, 0) is 16.0 Å². The predicted molar refractivity (Wildman–Crippen MR) is 107 cm³/mol. The van der Waals surface area contributed by atoms with E-state index in [2.05, 4.69) is 0 Å². The van der Waals surface area contributed by atoms with Gasteiger partial charge in [-0.1, -0.05) is 12.1 Å². The van der Waals surface area contributed by atoms with E-state index in [-0.39, 0.29) is 33.0 Å². The van der Waals surface area contributed by atoms with Crippen LogP contribution in [0.15, 0.2) is 58.6 Å². The number of carbonyl (C=O) groups is 1. The molecule has 1 heterocycles. The molecular weight excluding hydrogens is 445 g/mol. The van der Waals surface area contributed by atoms with E-state index in [1.807, 2.05) is 12.1 Å². The summed E-state index contributed by atoms with van der Waals surface area (Å²) in [7, 11) is -3.82. The Morgan fingerprint density at radius 2 is 1.78 bits per heavy atom. The number of nitrogens with zero attached hydrogens (tertiary/aromatic N) is 3. The van der Waals surface area contributed by atoms with Crippen LogP contribution in [0.4, 0.5) is 23.7 Å². The SMILES string of the molecule is CC1=C(C#N)C(c2ccc(C#N)cc2S(C)(=O)=O)[NH2+]C(=O)N1c1cccc(C(F)(F)F)c1. The monoisotopic (exact) mass is 461 g/mol. The molecule has 7 nitrogen and oxygen atoms in total. The Bertz CT molecular complexity index is 1340. The summed E-state index contributed by atoms with van der Waals surface area (Å²) in [4.78, 5) is 13.7. The number of halogens is 3. The smallest absolute Gasteiger partial charge is 0.252 e. The Kier molecular flexibility index (Phi) is 5.83. The highest BCUT2D eigenvalue weighted by atomic mass is 32.2. The van der Waals surface area contributed by atoms with Crippen LogP contribution in [0.3, 0.4) is 0 Å². The van der Waals surface area contributed by atoms with E-state index >= 15 is 0 Å². The lowest BCUT2D eigenvalue weighted by Crippen LogP contribution is -2.93. The van der Waals surface area contributed by atoms with E-state index in [0.29, 0.717) is 0 Å². The van der Waals surface area contributed by atoms with Crippen molar-refractivity contribution in [3.05, 3.63) is 70.4 Å². The molecule has 1 atom stereocenters. The second-order valence-corrected chi connectivity index (χ2v) is 9.10. The van der Waals surface area contributed by atoms with E-state index in [1.54, 1.807) is 0 Å². The summed E-state index contributed by atoms with van der Waals surface area (Å²) in [6, 6.07) is 10.0. The fourth-order valence-corrected chi connectivity index (χ4v) is 4.50. The van der Waals surface area contributed by atoms with Gasteiger partial charge < -0.3 is 0 Å². The van der Waals surface area contributed by atoms with Gasteiger partial charge in [-0.3, -0.25) is 5.32 Å². The van der Waals surface area contributed by atoms with Gasteiger partial charge in [0.2, 0.25) is 0 Å². The van der Waals surface area contributed by atoms with Crippen molar-refractivity contribution in [1.82, 2.24) is 0 Å². The van der Waals surface area contributed by atoms with Crippen molar-refractivity contribution < 1.29 is 31.7 Å². The number of urea groups is 1. The first-order chi connectivity index (χ1) is 14.9. The molecule has 2 amide bonds. The van der Waals surface area contributed by atoms with E-state index in [1.165, 1.54) is 25.1 Å². The second kappa shape index (κ2) is 8.11. The molecule has 1 aliphatic heterocycles. The number of rotatable bonds is 3. The topological polar surface area (TPSA) is 119 Å². The van der Waals surface area contributed by atoms with Crippen molar-refractivity contribution in [2.75, 3.05) is 11.2 Å². The molecule has 0 saturated carbocycles. The van der Waals surface area contributed by atoms with Crippen LogP contribution in [0.25, 0.3) is 0 Å². The lowest BCUT2D eigenvalue weighted by Gasteiger charge is -2.31. The fourth-order valence-electron chi connectivity index (χ4n) is 3.53. The average molecular weight is 461 g/mol. The number of alkyl halides is 3. The van der Waals surface area contributed by atoms with Crippen LogP contribution in [-0.4, -0.2) is 20.7 Å². The standard InChI is InChI=1S/C21H15F3N4O3S/c1-12-17(11-26)19(16-7-6-13(10-25)8-18(16)32(2,30)31)27-20(29)28(12)15-5-3-4-14(9-15)21(22,23)24/h3-9,19H,1-2H3,(H,27,29)/p+1. The van der Waals surface area contributed by atoms with E-state index < -0.39 is 33.6 Å². The van der Waals surface area contributed by atoms with Crippen molar-refractivity contribution in [2.24, 2.45) is 0 Å². The summed E-state index contributed by atoms with van der Waals surface area (Å²) >= 11 is 0. The largest absolute Gasteiger partial charge is 0.425 e. The number of benzene rings is 2. The number of sulfone groups is 1. The van der Waals surface area contributed by atoms with Gasteiger partial charge in [0.25, 0.3) is 0 Å². The molecule has 1 aliphatic rings. The van der Waals surface area contributed by atoms with Crippen molar-refractivity contribution in [1.29, 1.82) is 10.5 Å². The zero-order valence-electron chi connectivity index (χ0n) is 16.8. The summed E-state index contributed by atoms with van der Waals surface area (Å²) in [5.41, 5.74) is -0.749. The van der Waals surface area contributed by atoms with E-state index in [4.69, 9.17) is 5.26 Å². The number of hydrogen-bond donors (Lipinski definition) is 1. The van der Waals surface area contributed by atoms with Gasteiger partial charge in [-0.05, 0) is 37.3 Å². The average Bonchev–Trinajstić information content (AvgIpc) is 2.72. The van der Waals surface area contributed by atoms with Gasteiger partial charge in [-0.2, -0.15) is 23.7 Å². The number of carbonyl (C=O) groups excluding carboxylic acids is 1. The van der Waals surface area contributed by atoms with Gasteiger partial charge in [-0.15, -0.1) is 0 Å². The Balaban J connectivity index is 2.19. The molecule has 3 rings (SSSR count). The molecule has 0 aliphatic carbocycles. The highest BCUT2D eigenvalue weighted by molar-refractivity contribution is 7.90. The maximum absolute atomic E-state index is 13.1. The molecule has 32 heavy (non-hydrogen) atoms. The van der Waals surface area contributed by atoms with Crippen LogP contribution in [0.1, 0.15) is 29.7 Å². The zero-order valence-corrected chi connectivity index (χ0v) is 17.6. The number of nitrogens with two attached hydrogens (primary N) is 1. The number of anilines is 1. The van der Waals surface area contributed by atoms with Gasteiger partial charge in [0.1, 0.15) is 11.6 Å². The molecule has 164 valence electrons. The number of quaternary nitrogens is 1. The summed E-state index contributed by atoms with van der Waals surface area (Å²) in [5.74, 6) is 0. The minimum Gasteiger partial charge on any atom is -0.252 e. The Hall–Kier alpha value is -3.67. The lowest BCUT2D eigenvalue weighted by molar-refractivity contribution is -0.592. The lowest BCUT2D eigenvalue weighted by atomic mass is 9.94. The highest BCUT2D eigenvalue weighted by Gasteiger charge is 2.40. The Morgan fingerprint density at radius 3 is 2.34 bits per heavy atom. The normalized spacial score (nSPS) is 17.2. The molecule has 0 radical (unpaired) electrons. The molecule has 0 fully saturated rings. The van der Waals surface area contributed by atoms with Crippen LogP contribution in [0.2, 0.25) is 0 Å². The quantitative estimate of drug-likeness (QED) is 0.754. The first-order valence-corrected chi connectivity index (χ1v) is 11.0. The third kappa shape index (κ3) is 4.21.